The van der Waals surface area contributed by atoms with Crippen LogP contribution >= 0.6 is 0 Å². The van der Waals surface area contributed by atoms with Gasteiger partial charge in [0.05, 0.1) is 6.61 Å². The minimum absolute atomic E-state index is 0.403. The second-order valence-electron chi connectivity index (χ2n) is 3.36. The molecule has 0 saturated heterocycles. The Labute approximate surface area is 95.4 Å². The SMILES string of the molecule is CCCCOC(=O)NCCCCNC(=O)O. The second-order valence-corrected chi connectivity index (χ2v) is 3.36. The number of carbonyl (C=O) groups is 2. The van der Waals surface area contributed by atoms with E-state index in [1.165, 1.54) is 0 Å². The lowest BCUT2D eigenvalue weighted by Gasteiger charge is -2.06. The molecule has 0 atom stereocenters. The molecular formula is C10H20N2O4. The highest BCUT2D eigenvalue weighted by Crippen LogP contribution is 1.89. The van der Waals surface area contributed by atoms with Gasteiger partial charge in [0.15, 0.2) is 0 Å². The zero-order valence-corrected chi connectivity index (χ0v) is 9.62. The third-order valence-corrected chi connectivity index (χ3v) is 1.88. The molecule has 0 rings (SSSR count). The van der Waals surface area contributed by atoms with Crippen LogP contribution in [0.15, 0.2) is 0 Å². The Morgan fingerprint density at radius 3 is 2.31 bits per heavy atom. The molecule has 0 unspecified atom stereocenters. The summed E-state index contributed by atoms with van der Waals surface area (Å²) in [6, 6.07) is 0. The number of ether oxygens (including phenoxy) is 1. The van der Waals surface area contributed by atoms with Crippen molar-refractivity contribution in [1.82, 2.24) is 10.6 Å². The highest BCUT2D eigenvalue weighted by atomic mass is 16.5. The van der Waals surface area contributed by atoms with Crippen LogP contribution in [-0.2, 0) is 4.74 Å². The summed E-state index contributed by atoms with van der Waals surface area (Å²) < 4.78 is 4.87. The molecule has 0 aliphatic heterocycles. The first-order valence-electron chi connectivity index (χ1n) is 5.54. The minimum atomic E-state index is -1.02. The molecule has 16 heavy (non-hydrogen) atoms. The summed E-state index contributed by atoms with van der Waals surface area (Å²) in [5.74, 6) is 0. The number of hydrogen-bond donors (Lipinski definition) is 3. The standard InChI is InChI=1S/C10H20N2O4/c1-2-3-8-16-10(15)12-7-5-4-6-11-9(13)14/h11H,2-8H2,1H3,(H,12,15)(H,13,14). The molecule has 94 valence electrons. The van der Waals surface area contributed by atoms with E-state index in [4.69, 9.17) is 9.84 Å². The Bertz CT molecular complexity index is 209. The quantitative estimate of drug-likeness (QED) is 0.554. The van der Waals surface area contributed by atoms with Crippen molar-refractivity contribution < 1.29 is 19.4 Å². The molecule has 0 aliphatic carbocycles. The van der Waals surface area contributed by atoms with Crippen LogP contribution in [0.4, 0.5) is 9.59 Å². The third kappa shape index (κ3) is 10.6. The molecule has 0 heterocycles. The van der Waals surface area contributed by atoms with E-state index in [1.807, 2.05) is 6.92 Å². The molecule has 0 fully saturated rings. The lowest BCUT2D eigenvalue weighted by atomic mass is 10.3. The Morgan fingerprint density at radius 2 is 1.75 bits per heavy atom. The van der Waals surface area contributed by atoms with Gasteiger partial charge in [0, 0.05) is 13.1 Å². The number of rotatable bonds is 8. The Hall–Kier alpha value is -1.46. The van der Waals surface area contributed by atoms with Crippen molar-refractivity contribution in [2.75, 3.05) is 19.7 Å². The van der Waals surface area contributed by atoms with Crippen LogP contribution in [-0.4, -0.2) is 37.0 Å². The smallest absolute Gasteiger partial charge is 0.407 e. The summed E-state index contributed by atoms with van der Waals surface area (Å²) >= 11 is 0. The topological polar surface area (TPSA) is 87.7 Å². The number of nitrogens with one attached hydrogen (secondary N) is 2. The van der Waals surface area contributed by atoms with Gasteiger partial charge < -0.3 is 20.5 Å². The number of unbranched alkanes of at least 4 members (excludes halogenated alkanes) is 2. The molecule has 0 aromatic carbocycles. The van der Waals surface area contributed by atoms with Crippen molar-refractivity contribution in [3.8, 4) is 0 Å². The average molecular weight is 232 g/mol. The number of hydrogen-bond acceptors (Lipinski definition) is 3. The van der Waals surface area contributed by atoms with E-state index >= 15 is 0 Å². The van der Waals surface area contributed by atoms with Gasteiger partial charge in [-0.15, -0.1) is 0 Å². The van der Waals surface area contributed by atoms with E-state index in [9.17, 15) is 9.59 Å². The summed E-state index contributed by atoms with van der Waals surface area (Å²) in [6.45, 7) is 3.38. The fourth-order valence-electron chi connectivity index (χ4n) is 0.996. The van der Waals surface area contributed by atoms with Gasteiger partial charge in [-0.05, 0) is 19.3 Å². The van der Waals surface area contributed by atoms with Crippen LogP contribution in [0.25, 0.3) is 0 Å². The highest BCUT2D eigenvalue weighted by Gasteiger charge is 1.99. The first-order valence-corrected chi connectivity index (χ1v) is 5.54. The second kappa shape index (κ2) is 10.1. The van der Waals surface area contributed by atoms with Crippen molar-refractivity contribution in [3.63, 3.8) is 0 Å². The van der Waals surface area contributed by atoms with Crippen molar-refractivity contribution in [2.24, 2.45) is 0 Å². The monoisotopic (exact) mass is 232 g/mol. The molecule has 0 bridgehead atoms. The summed E-state index contributed by atoms with van der Waals surface area (Å²) in [5, 5.41) is 13.1. The molecule has 0 radical (unpaired) electrons. The summed E-state index contributed by atoms with van der Waals surface area (Å²) in [6.07, 6.45) is 1.86. The summed E-state index contributed by atoms with van der Waals surface area (Å²) in [5.41, 5.74) is 0. The van der Waals surface area contributed by atoms with Crippen LogP contribution in [0.3, 0.4) is 0 Å². The normalized spacial score (nSPS) is 9.56. The average Bonchev–Trinajstić information content (AvgIpc) is 2.23. The molecule has 6 heteroatoms. The molecule has 2 amide bonds. The number of carbonyl (C=O) groups excluding carboxylic acids is 1. The number of carboxylic acid groups (broad SMARTS) is 1. The van der Waals surface area contributed by atoms with E-state index in [-0.39, 0.29) is 0 Å². The zero-order chi connectivity index (χ0) is 12.2. The lowest BCUT2D eigenvalue weighted by Crippen LogP contribution is -2.27. The van der Waals surface area contributed by atoms with E-state index < -0.39 is 12.2 Å². The van der Waals surface area contributed by atoms with Gasteiger partial charge in [0.2, 0.25) is 0 Å². The van der Waals surface area contributed by atoms with Crippen LogP contribution in [0.1, 0.15) is 32.6 Å². The summed E-state index contributed by atoms with van der Waals surface area (Å²) in [4.78, 5) is 21.1. The van der Waals surface area contributed by atoms with Gasteiger partial charge in [-0.25, -0.2) is 9.59 Å². The molecule has 0 aromatic rings. The minimum Gasteiger partial charge on any atom is -0.465 e. The Kier molecular flexibility index (Phi) is 9.15. The van der Waals surface area contributed by atoms with E-state index in [0.29, 0.717) is 26.1 Å². The van der Waals surface area contributed by atoms with Crippen LogP contribution in [0.2, 0.25) is 0 Å². The first-order chi connectivity index (χ1) is 7.66. The molecule has 0 aliphatic rings. The third-order valence-electron chi connectivity index (χ3n) is 1.88. The van der Waals surface area contributed by atoms with E-state index in [0.717, 1.165) is 19.3 Å². The van der Waals surface area contributed by atoms with Gasteiger partial charge in [-0.3, -0.25) is 0 Å². The first kappa shape index (κ1) is 14.5. The van der Waals surface area contributed by atoms with Crippen molar-refractivity contribution in [1.29, 1.82) is 0 Å². The van der Waals surface area contributed by atoms with Gasteiger partial charge in [0.25, 0.3) is 0 Å². The van der Waals surface area contributed by atoms with E-state index in [1.54, 1.807) is 0 Å². The molecule has 6 nitrogen and oxygen atoms in total. The maximum atomic E-state index is 11.0. The molecule has 0 spiro atoms. The van der Waals surface area contributed by atoms with Gasteiger partial charge in [0.1, 0.15) is 0 Å². The predicted octanol–water partition coefficient (Wildman–Crippen LogP) is 1.56. The van der Waals surface area contributed by atoms with Gasteiger partial charge in [-0.1, -0.05) is 13.3 Å². The van der Waals surface area contributed by atoms with Gasteiger partial charge >= 0.3 is 12.2 Å². The maximum absolute atomic E-state index is 11.0. The fraction of sp³-hybridized carbons (Fsp3) is 0.800. The molecule has 3 N–H and O–H groups in total. The molecule has 0 aromatic heterocycles. The fourth-order valence-corrected chi connectivity index (χ4v) is 0.996. The maximum Gasteiger partial charge on any atom is 0.407 e. The Balaban J connectivity index is 3.18. The lowest BCUT2D eigenvalue weighted by molar-refractivity contribution is 0.144. The Morgan fingerprint density at radius 1 is 1.12 bits per heavy atom. The van der Waals surface area contributed by atoms with Crippen LogP contribution < -0.4 is 10.6 Å². The number of alkyl carbamates (subject to hydrolysis) is 1. The van der Waals surface area contributed by atoms with Gasteiger partial charge in [-0.2, -0.15) is 0 Å². The highest BCUT2D eigenvalue weighted by molar-refractivity contribution is 5.67. The van der Waals surface area contributed by atoms with E-state index in [2.05, 4.69) is 10.6 Å². The van der Waals surface area contributed by atoms with Crippen molar-refractivity contribution in [2.45, 2.75) is 32.6 Å². The predicted molar refractivity (Wildman–Crippen MR) is 59.5 cm³/mol. The molecular weight excluding hydrogens is 212 g/mol. The number of amides is 2. The van der Waals surface area contributed by atoms with Crippen molar-refractivity contribution >= 4 is 12.2 Å². The van der Waals surface area contributed by atoms with Crippen LogP contribution in [0.5, 0.6) is 0 Å². The zero-order valence-electron chi connectivity index (χ0n) is 9.62. The van der Waals surface area contributed by atoms with Crippen LogP contribution in [0, 0.1) is 0 Å². The van der Waals surface area contributed by atoms with Crippen molar-refractivity contribution in [3.05, 3.63) is 0 Å². The largest absolute Gasteiger partial charge is 0.465 e. The summed E-state index contributed by atoms with van der Waals surface area (Å²) in [7, 11) is 0. The molecule has 0 saturated carbocycles.